The maximum atomic E-state index is 4.93. The molecule has 1 unspecified atom stereocenters. The van der Waals surface area contributed by atoms with Gasteiger partial charge in [0, 0.05) is 17.7 Å². The van der Waals surface area contributed by atoms with E-state index >= 15 is 0 Å². The van der Waals surface area contributed by atoms with Crippen LogP contribution in [-0.4, -0.2) is 35.2 Å². The van der Waals surface area contributed by atoms with E-state index in [0.29, 0.717) is 5.82 Å². The first-order valence-electron chi connectivity index (χ1n) is 10.9. The Balaban J connectivity index is 1.43. The molecule has 1 aliphatic carbocycles. The van der Waals surface area contributed by atoms with Gasteiger partial charge in [0.15, 0.2) is 5.65 Å². The minimum absolute atomic E-state index is 0.278. The lowest BCUT2D eigenvalue weighted by atomic mass is 9.80. The van der Waals surface area contributed by atoms with Crippen LogP contribution in [0.25, 0.3) is 33.7 Å². The van der Waals surface area contributed by atoms with Gasteiger partial charge in [-0.15, -0.1) is 10.2 Å². The van der Waals surface area contributed by atoms with Crippen LogP contribution in [0.1, 0.15) is 41.2 Å². The van der Waals surface area contributed by atoms with E-state index in [0.717, 1.165) is 46.7 Å². The van der Waals surface area contributed by atoms with Crippen LogP contribution < -0.4 is 0 Å². The number of benzene rings is 2. The van der Waals surface area contributed by atoms with Crippen LogP contribution in [0.3, 0.4) is 0 Å². The number of aryl methyl sites for hydroxylation is 3. The Bertz CT molecular complexity index is 1460. The number of nitrogens with one attached hydrogen (secondary N) is 1. The molecule has 2 aromatic carbocycles. The van der Waals surface area contributed by atoms with Crippen LogP contribution in [0.5, 0.6) is 0 Å². The van der Waals surface area contributed by atoms with Gasteiger partial charge in [-0.3, -0.25) is 0 Å². The Labute approximate surface area is 185 Å². The molecule has 3 aromatic heterocycles. The lowest BCUT2D eigenvalue weighted by Gasteiger charge is -2.33. The average Bonchev–Trinajstić information content (AvgIpc) is 3.43. The molecule has 5 aromatic rings. The predicted octanol–water partition coefficient (Wildman–Crippen LogP) is 4.60. The van der Waals surface area contributed by atoms with E-state index in [4.69, 9.17) is 9.97 Å². The van der Waals surface area contributed by atoms with Crippen molar-refractivity contribution < 1.29 is 0 Å². The van der Waals surface area contributed by atoms with Crippen LogP contribution in [0.2, 0.25) is 0 Å². The largest absolute Gasteiger partial charge is 0.305 e. The molecule has 0 spiro atoms. The number of pyridine rings is 1. The number of aromatic nitrogens is 7. The molecule has 0 saturated heterocycles. The highest BCUT2D eigenvalue weighted by Crippen LogP contribution is 2.42. The van der Waals surface area contributed by atoms with Gasteiger partial charge in [0.1, 0.15) is 11.3 Å². The lowest BCUT2D eigenvalue weighted by Crippen LogP contribution is -2.26. The second kappa shape index (κ2) is 7.09. The van der Waals surface area contributed by atoms with E-state index in [1.165, 1.54) is 22.3 Å². The summed E-state index contributed by atoms with van der Waals surface area (Å²) in [5.74, 6) is 1.71. The molecular formula is C25H23N7. The fraction of sp³-hybridized carbons (Fsp3) is 0.240. The molecule has 0 bridgehead atoms. The smallest absolute Gasteiger partial charge is 0.205 e. The Hall–Kier alpha value is -3.87. The number of hydrogen-bond acceptors (Lipinski definition) is 5. The fourth-order valence-electron chi connectivity index (χ4n) is 4.90. The number of nitrogens with zero attached hydrogens (tertiary/aromatic N) is 6. The van der Waals surface area contributed by atoms with E-state index in [9.17, 15) is 0 Å². The summed E-state index contributed by atoms with van der Waals surface area (Å²) in [6.45, 7) is 6.34. The molecule has 3 heterocycles. The van der Waals surface area contributed by atoms with E-state index in [-0.39, 0.29) is 6.04 Å². The number of fused-ring (bicyclic) bond motifs is 2. The first kappa shape index (κ1) is 18.9. The molecule has 7 nitrogen and oxygen atoms in total. The van der Waals surface area contributed by atoms with Crippen molar-refractivity contribution >= 4 is 11.2 Å². The summed E-state index contributed by atoms with van der Waals surface area (Å²) in [6.07, 6.45) is 1.86. The number of tetrazole rings is 1. The van der Waals surface area contributed by atoms with Crippen molar-refractivity contribution in [2.24, 2.45) is 0 Å². The molecule has 1 atom stereocenters. The molecule has 0 aliphatic heterocycles. The van der Waals surface area contributed by atoms with Crippen molar-refractivity contribution in [1.82, 2.24) is 35.2 Å². The van der Waals surface area contributed by atoms with Crippen LogP contribution in [0.15, 0.2) is 48.5 Å². The molecule has 0 radical (unpaired) electrons. The standard InChI is InChI=1S/C25H23N7/c1-4-22-27-23-14(2)11-15(3)26-25(23)32(22)21-13-17-12-16(9-10-19(17)21)18-7-5-6-8-20(18)24-28-30-31-29-24/h5-12,21H,4,13H2,1-3H3,(H,28,29,30,31). The lowest BCUT2D eigenvalue weighted by molar-refractivity contribution is 0.512. The number of imidazole rings is 1. The van der Waals surface area contributed by atoms with Gasteiger partial charge in [-0.1, -0.05) is 49.4 Å². The molecule has 0 fully saturated rings. The van der Waals surface area contributed by atoms with Crippen molar-refractivity contribution in [2.75, 3.05) is 0 Å². The highest BCUT2D eigenvalue weighted by atomic mass is 15.5. The van der Waals surface area contributed by atoms with Gasteiger partial charge in [0.2, 0.25) is 5.82 Å². The highest BCUT2D eigenvalue weighted by Gasteiger charge is 2.31. The zero-order chi connectivity index (χ0) is 21.8. The summed E-state index contributed by atoms with van der Waals surface area (Å²) in [4.78, 5) is 9.79. The van der Waals surface area contributed by atoms with E-state index < -0.39 is 0 Å². The van der Waals surface area contributed by atoms with Gasteiger partial charge >= 0.3 is 0 Å². The summed E-state index contributed by atoms with van der Waals surface area (Å²) in [5, 5.41) is 14.6. The second-order valence-corrected chi connectivity index (χ2v) is 8.42. The number of hydrogen-bond donors (Lipinski definition) is 1. The van der Waals surface area contributed by atoms with Crippen molar-refractivity contribution in [1.29, 1.82) is 0 Å². The SMILES string of the molecule is CCc1nc2c(C)cc(C)nc2n1C1Cc2cc(-c3ccccc3-c3nn[nH]n3)ccc21. The van der Waals surface area contributed by atoms with E-state index in [1.807, 2.05) is 18.2 Å². The minimum Gasteiger partial charge on any atom is -0.305 e. The van der Waals surface area contributed by atoms with Crippen molar-refractivity contribution in [3.8, 4) is 22.5 Å². The molecule has 32 heavy (non-hydrogen) atoms. The Kier molecular flexibility index (Phi) is 4.18. The van der Waals surface area contributed by atoms with Crippen molar-refractivity contribution in [3.05, 3.63) is 76.7 Å². The van der Waals surface area contributed by atoms with Crippen molar-refractivity contribution in [2.45, 2.75) is 39.7 Å². The normalized spacial score (nSPS) is 15.0. The first-order valence-corrected chi connectivity index (χ1v) is 10.9. The summed E-state index contributed by atoms with van der Waals surface area (Å²) >= 11 is 0. The van der Waals surface area contributed by atoms with Gasteiger partial charge in [0.25, 0.3) is 0 Å². The molecule has 6 rings (SSSR count). The summed E-state index contributed by atoms with van der Waals surface area (Å²) in [6, 6.07) is 17.3. The quantitative estimate of drug-likeness (QED) is 0.458. The predicted molar refractivity (Wildman–Crippen MR) is 123 cm³/mol. The molecular weight excluding hydrogens is 398 g/mol. The van der Waals surface area contributed by atoms with Crippen LogP contribution in [0.4, 0.5) is 0 Å². The molecule has 7 heteroatoms. The van der Waals surface area contributed by atoms with Gasteiger partial charge in [0.05, 0.1) is 6.04 Å². The van der Waals surface area contributed by atoms with Crippen LogP contribution in [-0.2, 0) is 12.8 Å². The number of H-pyrrole nitrogens is 1. The summed E-state index contributed by atoms with van der Waals surface area (Å²) < 4.78 is 2.35. The highest BCUT2D eigenvalue weighted by molar-refractivity contribution is 5.81. The third-order valence-electron chi connectivity index (χ3n) is 6.41. The van der Waals surface area contributed by atoms with Crippen molar-refractivity contribution in [3.63, 3.8) is 0 Å². The first-order chi connectivity index (χ1) is 15.6. The average molecular weight is 422 g/mol. The monoisotopic (exact) mass is 421 g/mol. The van der Waals surface area contributed by atoms with Crippen LogP contribution >= 0.6 is 0 Å². The zero-order valence-electron chi connectivity index (χ0n) is 18.3. The Morgan fingerprint density at radius 2 is 1.88 bits per heavy atom. The minimum atomic E-state index is 0.278. The summed E-state index contributed by atoms with van der Waals surface area (Å²) in [5.41, 5.74) is 10.2. The molecule has 0 amide bonds. The molecule has 0 saturated carbocycles. The Morgan fingerprint density at radius 1 is 1.03 bits per heavy atom. The molecule has 1 N–H and O–H groups in total. The third kappa shape index (κ3) is 2.77. The van der Waals surface area contributed by atoms with E-state index in [2.05, 4.69) is 76.3 Å². The molecule has 158 valence electrons. The fourth-order valence-corrected chi connectivity index (χ4v) is 4.90. The molecule has 1 aliphatic rings. The van der Waals surface area contributed by atoms with Gasteiger partial charge in [-0.2, -0.15) is 5.21 Å². The van der Waals surface area contributed by atoms with Gasteiger partial charge in [-0.25, -0.2) is 9.97 Å². The summed E-state index contributed by atoms with van der Waals surface area (Å²) in [7, 11) is 0. The maximum absolute atomic E-state index is 4.93. The van der Waals surface area contributed by atoms with E-state index in [1.54, 1.807) is 0 Å². The van der Waals surface area contributed by atoms with Crippen LogP contribution in [0, 0.1) is 13.8 Å². The third-order valence-corrected chi connectivity index (χ3v) is 6.41. The number of rotatable bonds is 4. The van der Waals surface area contributed by atoms with Gasteiger partial charge in [-0.05, 0) is 59.4 Å². The van der Waals surface area contributed by atoms with Gasteiger partial charge < -0.3 is 4.57 Å². The number of aromatic amines is 1. The zero-order valence-corrected chi connectivity index (χ0v) is 18.3. The Morgan fingerprint density at radius 3 is 2.62 bits per heavy atom. The topological polar surface area (TPSA) is 85.2 Å². The maximum Gasteiger partial charge on any atom is 0.205 e. The second-order valence-electron chi connectivity index (χ2n) is 8.42.